The number of nitrogens with one attached hydrogen (secondary N) is 3. The average Bonchev–Trinajstić information content (AvgIpc) is 3.34. The van der Waals surface area contributed by atoms with Crippen LogP contribution in [0.5, 0.6) is 5.75 Å². The second-order valence-electron chi connectivity index (χ2n) is 19.8. The number of nitrogens with zero attached hydrogens (tertiary/aromatic N) is 2. The van der Waals surface area contributed by atoms with E-state index >= 15 is 0 Å². The summed E-state index contributed by atoms with van der Waals surface area (Å²) in [4.78, 5) is 46.5. The van der Waals surface area contributed by atoms with E-state index < -0.39 is 14.4 Å². The van der Waals surface area contributed by atoms with Gasteiger partial charge in [-0.05, 0) is 90.8 Å². The Hall–Kier alpha value is -6.05. The Morgan fingerprint density at radius 2 is 1.46 bits per heavy atom. The average molecular weight is 950 g/mol. The molecule has 1 aliphatic rings. The summed E-state index contributed by atoms with van der Waals surface area (Å²) in [5.41, 5.74) is 6.50. The minimum Gasteiger partial charge on any atom is -0.487 e. The van der Waals surface area contributed by atoms with Gasteiger partial charge in [-0.25, -0.2) is 4.79 Å². The summed E-state index contributed by atoms with van der Waals surface area (Å²) in [6, 6.07) is 45.9. The number of H-pyrrole nitrogens is 1. The molecule has 0 spiro atoms. The summed E-state index contributed by atoms with van der Waals surface area (Å²) in [5.74, 6) is 0.691. The van der Waals surface area contributed by atoms with Gasteiger partial charge in [-0.2, -0.15) is 0 Å². The lowest BCUT2D eigenvalue weighted by molar-refractivity contribution is -0.121. The van der Waals surface area contributed by atoms with Crippen molar-refractivity contribution in [2.45, 2.75) is 103 Å². The van der Waals surface area contributed by atoms with Gasteiger partial charge in [0.05, 0.1) is 17.3 Å². The van der Waals surface area contributed by atoms with Gasteiger partial charge >= 0.3 is 6.09 Å². The fraction of sp³-hybridized carbons (Fsp3) is 0.386. The summed E-state index contributed by atoms with van der Waals surface area (Å²) < 4.78 is 19.5. The van der Waals surface area contributed by atoms with Crippen molar-refractivity contribution in [3.05, 3.63) is 167 Å². The fourth-order valence-corrected chi connectivity index (χ4v) is 9.91. The molecule has 1 aromatic heterocycles. The predicted octanol–water partition coefficient (Wildman–Crippen LogP) is 11.7. The Balaban J connectivity index is 0.899. The van der Waals surface area contributed by atoms with Gasteiger partial charge in [0.2, 0.25) is 11.5 Å². The molecule has 0 radical (unpaired) electrons. The van der Waals surface area contributed by atoms with E-state index in [9.17, 15) is 14.4 Å². The Labute approximate surface area is 409 Å². The number of para-hydroxylation sites is 1. The van der Waals surface area contributed by atoms with E-state index in [1.807, 2.05) is 103 Å². The molecule has 11 nitrogen and oxygen atoms in total. The zero-order chi connectivity index (χ0) is 48.6. The van der Waals surface area contributed by atoms with E-state index in [1.54, 1.807) is 6.07 Å². The molecule has 69 heavy (non-hydrogen) atoms. The molecule has 1 atom stereocenters. The molecule has 0 saturated carbocycles. The minimum absolute atomic E-state index is 0.0223. The lowest BCUT2D eigenvalue weighted by Crippen LogP contribution is -2.44. The van der Waals surface area contributed by atoms with Gasteiger partial charge in [0, 0.05) is 62.7 Å². The van der Waals surface area contributed by atoms with Crippen LogP contribution in [0.3, 0.4) is 0 Å². The van der Waals surface area contributed by atoms with Crippen molar-refractivity contribution in [3.63, 3.8) is 0 Å². The van der Waals surface area contributed by atoms with Crippen LogP contribution in [0.15, 0.2) is 144 Å². The molecule has 1 unspecified atom stereocenters. The van der Waals surface area contributed by atoms with Crippen molar-refractivity contribution in [1.82, 2.24) is 20.1 Å². The third-order valence-corrected chi connectivity index (χ3v) is 18.1. The van der Waals surface area contributed by atoms with E-state index in [2.05, 4.69) is 89.6 Å². The van der Waals surface area contributed by atoms with Gasteiger partial charge in [0.15, 0.2) is 8.32 Å². The van der Waals surface area contributed by atoms with E-state index in [-0.39, 0.29) is 28.7 Å². The van der Waals surface area contributed by atoms with Gasteiger partial charge in [-0.15, -0.1) is 0 Å². The maximum atomic E-state index is 13.0. The Bertz CT molecular complexity index is 2610. The number of anilines is 1. The number of rotatable bonds is 22. The van der Waals surface area contributed by atoms with Gasteiger partial charge in [-0.1, -0.05) is 142 Å². The minimum atomic E-state index is -2.28. The zero-order valence-electron chi connectivity index (χ0n) is 41.2. The van der Waals surface area contributed by atoms with Gasteiger partial charge in [-0.3, -0.25) is 19.8 Å². The third-order valence-electron chi connectivity index (χ3n) is 13.6. The second-order valence-corrected chi connectivity index (χ2v) is 24.5. The van der Waals surface area contributed by atoms with Gasteiger partial charge in [0.1, 0.15) is 18.5 Å². The highest BCUT2D eigenvalue weighted by Gasteiger charge is 2.40. The van der Waals surface area contributed by atoms with Crippen LogP contribution in [0.1, 0.15) is 82.1 Å². The summed E-state index contributed by atoms with van der Waals surface area (Å²) in [5, 5.41) is 7.00. The smallest absolute Gasteiger partial charge is 0.411 e. The number of aromatic amines is 1. The topological polar surface area (TPSA) is 125 Å². The number of ether oxygens (including phenoxy) is 2. The number of fused-ring (bicyclic) bond motifs is 1. The third kappa shape index (κ3) is 15.0. The number of carbonyl (C=O) groups is 2. The lowest BCUT2D eigenvalue weighted by atomic mass is 10.0. The molecule has 0 bridgehead atoms. The Kier molecular flexibility index (Phi) is 18.0. The standard InChI is InChI=1S/C57H71N5O6Si/c1-57(2,3)69(4,5)68-52(48-28-30-51(55-49(48)29-31-54(64)60-55)66-42-44-22-12-7-13-23-44)41-62(40-43-20-10-6-11-21-43)36-19-9-18-35-58-53(63)34-39-61-37-32-46(33-38-61)67-56(65)59-50-27-17-16-26-47(50)45-24-14-8-15-25-45/h6-8,10-17,20-31,46,52H,9,18-19,32-42H2,1-5H3,(H,58,63)(H,59,65)(H,60,64). The van der Waals surface area contributed by atoms with Crippen LogP contribution in [0.2, 0.25) is 18.1 Å². The number of pyridine rings is 1. The molecule has 3 N–H and O–H groups in total. The molecule has 2 amide bonds. The molecule has 2 heterocycles. The first-order chi connectivity index (χ1) is 33.3. The maximum Gasteiger partial charge on any atom is 0.411 e. The van der Waals surface area contributed by atoms with Crippen LogP contribution in [-0.2, 0) is 27.1 Å². The molecule has 1 aliphatic heterocycles. The summed E-state index contributed by atoms with van der Waals surface area (Å²) in [7, 11) is -2.28. The lowest BCUT2D eigenvalue weighted by Gasteiger charge is -2.41. The van der Waals surface area contributed by atoms with Crippen LogP contribution >= 0.6 is 0 Å². The van der Waals surface area contributed by atoms with Gasteiger partial charge < -0.3 is 29.1 Å². The quantitative estimate of drug-likeness (QED) is 0.0454. The molecule has 0 aliphatic carbocycles. The van der Waals surface area contributed by atoms with E-state index in [0.29, 0.717) is 43.9 Å². The number of benzene rings is 5. The first-order valence-electron chi connectivity index (χ1n) is 24.7. The first kappa shape index (κ1) is 50.8. The number of amides is 2. The van der Waals surface area contributed by atoms with Crippen molar-refractivity contribution < 1.29 is 23.5 Å². The first-order valence-corrected chi connectivity index (χ1v) is 27.6. The molecule has 5 aromatic carbocycles. The normalized spacial score (nSPS) is 14.1. The molecule has 12 heteroatoms. The SMILES string of the molecule is CC(C)(C)[Si](C)(C)OC(CN(CCCCCNC(=O)CCN1CCC(OC(=O)Nc2ccccc2-c2ccccc2)CC1)Cc1ccccc1)c1ccc(OCc2ccccc2)c2[nH]c(=O)ccc12. The highest BCUT2D eigenvalue weighted by molar-refractivity contribution is 6.74. The number of aromatic nitrogens is 1. The van der Waals surface area contributed by atoms with Crippen LogP contribution in [0.4, 0.5) is 10.5 Å². The van der Waals surface area contributed by atoms with Crippen molar-refractivity contribution in [2.75, 3.05) is 44.6 Å². The molecular weight excluding hydrogens is 879 g/mol. The Morgan fingerprint density at radius 3 is 2.17 bits per heavy atom. The van der Waals surface area contributed by atoms with Crippen molar-refractivity contribution in [1.29, 1.82) is 0 Å². The largest absolute Gasteiger partial charge is 0.487 e. The highest BCUT2D eigenvalue weighted by Crippen LogP contribution is 2.42. The molecular formula is C57H71N5O6Si. The second kappa shape index (κ2) is 24.5. The van der Waals surface area contributed by atoms with E-state index in [4.69, 9.17) is 13.9 Å². The molecule has 7 rings (SSSR count). The molecule has 364 valence electrons. The number of hydrogen-bond acceptors (Lipinski definition) is 8. The van der Waals surface area contributed by atoms with Crippen molar-refractivity contribution in [3.8, 4) is 16.9 Å². The van der Waals surface area contributed by atoms with Crippen LogP contribution in [-0.4, -0.2) is 80.5 Å². The summed E-state index contributed by atoms with van der Waals surface area (Å²) >= 11 is 0. The Morgan fingerprint density at radius 1 is 0.797 bits per heavy atom. The van der Waals surface area contributed by atoms with Crippen LogP contribution in [0, 0.1) is 0 Å². The fourth-order valence-electron chi connectivity index (χ4n) is 8.64. The van der Waals surface area contributed by atoms with E-state index in [0.717, 1.165) is 91.6 Å². The number of piperidine rings is 1. The van der Waals surface area contributed by atoms with Gasteiger partial charge in [0.25, 0.3) is 0 Å². The maximum absolute atomic E-state index is 13.0. The number of unbranched alkanes of at least 4 members (excludes halogenated alkanes) is 2. The zero-order valence-corrected chi connectivity index (χ0v) is 42.2. The molecule has 1 fully saturated rings. The number of hydrogen-bond donors (Lipinski definition) is 3. The van der Waals surface area contributed by atoms with Crippen molar-refractivity contribution in [2.24, 2.45) is 0 Å². The van der Waals surface area contributed by atoms with Crippen molar-refractivity contribution >= 4 is 36.9 Å². The summed E-state index contributed by atoms with van der Waals surface area (Å²) in [6.07, 6.45) is 3.84. The molecule has 1 saturated heterocycles. The molecule has 6 aromatic rings. The van der Waals surface area contributed by atoms with E-state index in [1.165, 1.54) is 5.56 Å². The summed E-state index contributed by atoms with van der Waals surface area (Å²) in [6.45, 7) is 16.9. The monoisotopic (exact) mass is 950 g/mol. The highest BCUT2D eigenvalue weighted by atomic mass is 28.4. The predicted molar refractivity (Wildman–Crippen MR) is 281 cm³/mol. The number of likely N-dealkylation sites (tertiary alicyclic amines) is 1. The van der Waals surface area contributed by atoms with Crippen LogP contribution in [0.25, 0.3) is 22.0 Å². The van der Waals surface area contributed by atoms with Crippen LogP contribution < -0.4 is 20.9 Å². The number of carbonyl (C=O) groups excluding carboxylic acids is 2.